The molecule has 0 amide bonds. The fraction of sp³-hybridized carbons (Fsp3) is 0.667. The first-order chi connectivity index (χ1) is 13.7. The number of aliphatic imine (C=N–C) groups is 1. The third-order valence-electron chi connectivity index (χ3n) is 4.77. The molecule has 0 unspecified atom stereocenters. The Labute approximate surface area is 169 Å². The predicted molar refractivity (Wildman–Crippen MR) is 111 cm³/mol. The van der Waals surface area contributed by atoms with Crippen LogP contribution in [0.25, 0.3) is 0 Å². The molecule has 1 aromatic carbocycles. The molecule has 0 radical (unpaired) electrons. The maximum absolute atomic E-state index is 5.80. The second-order valence-electron chi connectivity index (χ2n) is 6.90. The molecule has 2 rings (SSSR count). The van der Waals surface area contributed by atoms with Gasteiger partial charge in [0.15, 0.2) is 5.96 Å². The normalized spacial score (nSPS) is 15.3. The lowest BCUT2D eigenvalue weighted by molar-refractivity contribution is 0.0203. The Morgan fingerprint density at radius 3 is 2.57 bits per heavy atom. The van der Waals surface area contributed by atoms with Crippen LogP contribution in [0.1, 0.15) is 19.3 Å². The Bertz CT molecular complexity index is 559. The first kappa shape index (κ1) is 22.3. The van der Waals surface area contributed by atoms with Crippen molar-refractivity contribution in [1.82, 2.24) is 10.2 Å². The van der Waals surface area contributed by atoms with Crippen molar-refractivity contribution >= 4 is 5.96 Å². The average molecular weight is 394 g/mol. The van der Waals surface area contributed by atoms with Crippen LogP contribution < -0.4 is 14.8 Å². The summed E-state index contributed by atoms with van der Waals surface area (Å²) in [4.78, 5) is 6.39. The monoisotopic (exact) mass is 393 g/mol. The van der Waals surface area contributed by atoms with Gasteiger partial charge < -0.3 is 29.2 Å². The van der Waals surface area contributed by atoms with Gasteiger partial charge in [-0.3, -0.25) is 4.99 Å². The van der Waals surface area contributed by atoms with Gasteiger partial charge in [-0.1, -0.05) is 0 Å². The molecule has 0 spiro atoms. The minimum Gasteiger partial charge on any atom is -0.497 e. The lowest BCUT2D eigenvalue weighted by atomic mass is 10.0. The predicted octanol–water partition coefficient (Wildman–Crippen LogP) is 2.41. The fourth-order valence-corrected chi connectivity index (χ4v) is 3.00. The summed E-state index contributed by atoms with van der Waals surface area (Å²) in [6.07, 6.45) is 3.20. The van der Waals surface area contributed by atoms with Crippen LogP contribution in [0.4, 0.5) is 0 Å². The van der Waals surface area contributed by atoms with Gasteiger partial charge in [-0.05, 0) is 49.4 Å². The highest BCUT2D eigenvalue weighted by Crippen LogP contribution is 2.17. The van der Waals surface area contributed by atoms with Crippen molar-refractivity contribution in [3.8, 4) is 11.5 Å². The number of guanidine groups is 1. The summed E-state index contributed by atoms with van der Waals surface area (Å²) < 4.78 is 22.1. The van der Waals surface area contributed by atoms with Crippen molar-refractivity contribution in [2.24, 2.45) is 10.9 Å². The minimum atomic E-state index is 0.581. The van der Waals surface area contributed by atoms with Crippen LogP contribution >= 0.6 is 0 Å². The summed E-state index contributed by atoms with van der Waals surface area (Å²) in [6.45, 7) is 5.53. The molecule has 1 aromatic rings. The molecule has 0 atom stereocenters. The van der Waals surface area contributed by atoms with Crippen molar-refractivity contribution in [3.63, 3.8) is 0 Å². The second-order valence-corrected chi connectivity index (χ2v) is 6.90. The van der Waals surface area contributed by atoms with E-state index in [1.807, 2.05) is 31.3 Å². The molecule has 1 aliphatic heterocycles. The zero-order valence-electron chi connectivity index (χ0n) is 17.5. The number of benzene rings is 1. The molecule has 7 heteroatoms. The number of likely N-dealkylation sites (N-methyl/N-ethyl adjacent to an activating group) is 1. The molecule has 1 aliphatic rings. The van der Waals surface area contributed by atoms with Gasteiger partial charge in [-0.15, -0.1) is 0 Å². The number of methoxy groups -OCH3 is 1. The van der Waals surface area contributed by atoms with E-state index in [4.69, 9.17) is 18.9 Å². The Morgan fingerprint density at radius 2 is 1.89 bits per heavy atom. The van der Waals surface area contributed by atoms with Crippen molar-refractivity contribution < 1.29 is 18.9 Å². The molecule has 0 saturated carbocycles. The van der Waals surface area contributed by atoms with E-state index in [2.05, 4.69) is 15.2 Å². The van der Waals surface area contributed by atoms with E-state index in [0.29, 0.717) is 12.5 Å². The molecule has 0 aliphatic carbocycles. The Morgan fingerprint density at radius 1 is 1.18 bits per heavy atom. The van der Waals surface area contributed by atoms with Crippen LogP contribution in [0.3, 0.4) is 0 Å². The highest BCUT2D eigenvalue weighted by Gasteiger charge is 2.13. The van der Waals surface area contributed by atoms with Crippen LogP contribution in [-0.2, 0) is 9.47 Å². The van der Waals surface area contributed by atoms with Crippen LogP contribution in [0.15, 0.2) is 29.3 Å². The summed E-state index contributed by atoms with van der Waals surface area (Å²) in [6, 6.07) is 7.60. The largest absolute Gasteiger partial charge is 0.497 e. The smallest absolute Gasteiger partial charge is 0.193 e. The third-order valence-corrected chi connectivity index (χ3v) is 4.77. The van der Waals surface area contributed by atoms with Crippen molar-refractivity contribution in [2.75, 3.05) is 67.3 Å². The summed E-state index contributed by atoms with van der Waals surface area (Å²) in [5, 5.41) is 3.38. The van der Waals surface area contributed by atoms with Crippen molar-refractivity contribution in [2.45, 2.75) is 19.3 Å². The number of rotatable bonds is 11. The quantitative estimate of drug-likeness (QED) is 0.354. The maximum atomic E-state index is 5.80. The van der Waals surface area contributed by atoms with E-state index in [-0.39, 0.29) is 0 Å². The zero-order chi connectivity index (χ0) is 20.0. The van der Waals surface area contributed by atoms with Crippen LogP contribution in [-0.4, -0.2) is 78.2 Å². The van der Waals surface area contributed by atoms with Crippen LogP contribution in [0.5, 0.6) is 11.5 Å². The highest BCUT2D eigenvalue weighted by atomic mass is 16.5. The lowest BCUT2D eigenvalue weighted by Gasteiger charge is -2.23. The molecule has 1 fully saturated rings. The number of nitrogens with zero attached hydrogens (tertiary/aromatic N) is 2. The van der Waals surface area contributed by atoms with E-state index in [1.54, 1.807) is 14.2 Å². The standard InChI is InChI=1S/C21H35N3O4/c1-22-21(23-11-4-13-27-17-18-9-14-26-15-10-18)24(2)12-16-28-20-7-5-19(25-3)6-8-20/h5-8,18H,4,9-17H2,1-3H3,(H,22,23). The molecule has 158 valence electrons. The van der Waals surface area contributed by atoms with Gasteiger partial charge in [0.05, 0.1) is 13.7 Å². The summed E-state index contributed by atoms with van der Waals surface area (Å²) in [5.74, 6) is 3.18. The summed E-state index contributed by atoms with van der Waals surface area (Å²) in [5.41, 5.74) is 0. The molecule has 28 heavy (non-hydrogen) atoms. The van der Waals surface area contributed by atoms with E-state index >= 15 is 0 Å². The molecular formula is C21H35N3O4. The van der Waals surface area contributed by atoms with Crippen molar-refractivity contribution in [1.29, 1.82) is 0 Å². The van der Waals surface area contributed by atoms with E-state index in [0.717, 1.165) is 76.2 Å². The second kappa shape index (κ2) is 13.2. The first-order valence-electron chi connectivity index (χ1n) is 10.1. The number of hydrogen-bond acceptors (Lipinski definition) is 5. The molecule has 1 heterocycles. The number of ether oxygens (including phenoxy) is 4. The average Bonchev–Trinajstić information content (AvgIpc) is 2.74. The lowest BCUT2D eigenvalue weighted by Crippen LogP contribution is -2.41. The molecule has 1 N–H and O–H groups in total. The van der Waals surface area contributed by atoms with Crippen molar-refractivity contribution in [3.05, 3.63) is 24.3 Å². The number of hydrogen-bond donors (Lipinski definition) is 1. The SMILES string of the molecule is CN=C(NCCCOCC1CCOCC1)N(C)CCOc1ccc(OC)cc1. The van der Waals surface area contributed by atoms with Gasteiger partial charge in [0, 0.05) is 47.1 Å². The van der Waals surface area contributed by atoms with Gasteiger partial charge in [-0.25, -0.2) is 0 Å². The molecular weight excluding hydrogens is 358 g/mol. The van der Waals surface area contributed by atoms with Gasteiger partial charge >= 0.3 is 0 Å². The molecule has 7 nitrogen and oxygen atoms in total. The first-order valence-corrected chi connectivity index (χ1v) is 10.1. The zero-order valence-corrected chi connectivity index (χ0v) is 17.5. The summed E-state index contributed by atoms with van der Waals surface area (Å²) >= 11 is 0. The maximum Gasteiger partial charge on any atom is 0.193 e. The van der Waals surface area contributed by atoms with Crippen LogP contribution in [0, 0.1) is 5.92 Å². The van der Waals surface area contributed by atoms with Crippen LogP contribution in [0.2, 0.25) is 0 Å². The van der Waals surface area contributed by atoms with E-state index in [1.165, 1.54) is 0 Å². The Hall–Kier alpha value is -1.99. The Kier molecular flexibility index (Phi) is 10.5. The minimum absolute atomic E-state index is 0.581. The molecule has 0 bridgehead atoms. The van der Waals surface area contributed by atoms with Gasteiger partial charge in [0.1, 0.15) is 18.1 Å². The number of nitrogens with one attached hydrogen (secondary N) is 1. The summed E-state index contributed by atoms with van der Waals surface area (Å²) in [7, 11) is 5.46. The third kappa shape index (κ3) is 8.35. The van der Waals surface area contributed by atoms with Gasteiger partial charge in [-0.2, -0.15) is 0 Å². The Balaban J connectivity index is 1.54. The van der Waals surface area contributed by atoms with Gasteiger partial charge in [0.25, 0.3) is 0 Å². The highest BCUT2D eigenvalue weighted by molar-refractivity contribution is 5.79. The van der Waals surface area contributed by atoms with Gasteiger partial charge in [0.2, 0.25) is 0 Å². The molecule has 1 saturated heterocycles. The fourth-order valence-electron chi connectivity index (χ4n) is 3.00. The van der Waals surface area contributed by atoms with E-state index in [9.17, 15) is 0 Å². The van der Waals surface area contributed by atoms with E-state index < -0.39 is 0 Å². The molecule has 0 aromatic heterocycles. The topological polar surface area (TPSA) is 64.6 Å².